The molecule has 0 spiro atoms. The fourth-order valence-electron chi connectivity index (χ4n) is 1.77. The van der Waals surface area contributed by atoms with Gasteiger partial charge in [0, 0.05) is 18.8 Å². The quantitative estimate of drug-likeness (QED) is 0.834. The average Bonchev–Trinajstić information content (AvgIpc) is 2.47. The molecular formula is C10H15ClN4S. The number of anilines is 2. The van der Waals surface area contributed by atoms with Gasteiger partial charge in [-0.05, 0) is 11.7 Å². The predicted molar refractivity (Wildman–Crippen MR) is 70.2 cm³/mol. The van der Waals surface area contributed by atoms with Crippen LogP contribution in [0.2, 0.25) is 5.02 Å². The summed E-state index contributed by atoms with van der Waals surface area (Å²) in [4.78, 5) is 10.3. The summed E-state index contributed by atoms with van der Waals surface area (Å²) in [6.45, 7) is 4.18. The van der Waals surface area contributed by atoms with E-state index in [2.05, 4.69) is 21.8 Å². The molecule has 0 saturated carbocycles. The molecule has 0 bridgehead atoms. The molecule has 2 rings (SSSR count). The number of hydrogen-bond acceptors (Lipinski definition) is 5. The third kappa shape index (κ3) is 2.52. The molecule has 0 aromatic carbocycles. The van der Waals surface area contributed by atoms with Crippen LogP contribution < -0.4 is 10.6 Å². The summed E-state index contributed by atoms with van der Waals surface area (Å²) in [5, 5.41) is 0.474. The zero-order valence-corrected chi connectivity index (χ0v) is 10.8. The number of hydrogen-bond donors (Lipinski definition) is 1. The van der Waals surface area contributed by atoms with Gasteiger partial charge in [-0.25, -0.2) is 9.97 Å². The lowest BCUT2D eigenvalue weighted by molar-refractivity contribution is 0.634. The highest BCUT2D eigenvalue weighted by molar-refractivity contribution is 7.99. The largest absolute Gasteiger partial charge is 0.382 e. The van der Waals surface area contributed by atoms with E-state index >= 15 is 0 Å². The maximum atomic E-state index is 6.13. The van der Waals surface area contributed by atoms with E-state index in [4.69, 9.17) is 17.3 Å². The third-order valence-corrected chi connectivity index (χ3v) is 4.18. The standard InChI is InChI=1S/C10H15ClN4S/c1-7-4-15(2-3-16-5-7)10-8(11)9(12)13-6-14-10/h6-7H,2-5H2,1H3,(H2,12,13,14). The Kier molecular flexibility index (Phi) is 3.76. The summed E-state index contributed by atoms with van der Waals surface area (Å²) in [6, 6.07) is 0. The first-order chi connectivity index (χ1) is 7.68. The Morgan fingerprint density at radius 1 is 1.56 bits per heavy atom. The Balaban J connectivity index is 2.24. The first-order valence-corrected chi connectivity index (χ1v) is 6.80. The van der Waals surface area contributed by atoms with Gasteiger partial charge in [-0.2, -0.15) is 11.8 Å². The van der Waals surface area contributed by atoms with E-state index in [1.165, 1.54) is 12.1 Å². The zero-order valence-electron chi connectivity index (χ0n) is 9.19. The van der Waals surface area contributed by atoms with Crippen LogP contribution in [0.3, 0.4) is 0 Å². The van der Waals surface area contributed by atoms with Gasteiger partial charge >= 0.3 is 0 Å². The Bertz CT molecular complexity index is 374. The molecule has 1 aromatic rings. The van der Waals surface area contributed by atoms with E-state index in [1.54, 1.807) is 0 Å². The average molecular weight is 259 g/mol. The summed E-state index contributed by atoms with van der Waals surface area (Å²) in [7, 11) is 0. The minimum atomic E-state index is 0.358. The second-order valence-corrected chi connectivity index (χ2v) is 5.55. The van der Waals surface area contributed by atoms with Crippen LogP contribution in [0, 0.1) is 5.92 Å². The minimum absolute atomic E-state index is 0.358. The fraction of sp³-hybridized carbons (Fsp3) is 0.600. The Labute approximate surface area is 105 Å². The molecule has 1 aliphatic rings. The molecule has 1 aliphatic heterocycles. The molecule has 6 heteroatoms. The number of rotatable bonds is 1. The smallest absolute Gasteiger partial charge is 0.153 e. The summed E-state index contributed by atoms with van der Waals surface area (Å²) < 4.78 is 0. The van der Waals surface area contributed by atoms with Crippen molar-refractivity contribution in [3.05, 3.63) is 11.3 Å². The monoisotopic (exact) mass is 258 g/mol. The molecular weight excluding hydrogens is 244 g/mol. The number of nitrogen functional groups attached to an aromatic ring is 1. The van der Waals surface area contributed by atoms with Crippen molar-refractivity contribution in [2.45, 2.75) is 6.92 Å². The van der Waals surface area contributed by atoms with Crippen molar-refractivity contribution >= 4 is 35.0 Å². The second-order valence-electron chi connectivity index (χ2n) is 4.02. The van der Waals surface area contributed by atoms with E-state index in [1.807, 2.05) is 11.8 Å². The van der Waals surface area contributed by atoms with Crippen LogP contribution in [0.5, 0.6) is 0 Å². The van der Waals surface area contributed by atoms with Gasteiger partial charge in [-0.15, -0.1) is 0 Å². The van der Waals surface area contributed by atoms with Crippen molar-refractivity contribution in [3.8, 4) is 0 Å². The maximum absolute atomic E-state index is 6.13. The van der Waals surface area contributed by atoms with Crippen LogP contribution in [-0.2, 0) is 0 Å². The summed E-state index contributed by atoms with van der Waals surface area (Å²) in [5.41, 5.74) is 5.69. The van der Waals surface area contributed by atoms with Crippen LogP contribution in [0.15, 0.2) is 6.33 Å². The Morgan fingerprint density at radius 2 is 2.38 bits per heavy atom. The van der Waals surface area contributed by atoms with Gasteiger partial charge in [-0.1, -0.05) is 18.5 Å². The van der Waals surface area contributed by atoms with Gasteiger partial charge in [-0.3, -0.25) is 0 Å². The highest BCUT2D eigenvalue weighted by Gasteiger charge is 2.19. The number of halogens is 1. The summed E-state index contributed by atoms with van der Waals surface area (Å²) >= 11 is 8.10. The van der Waals surface area contributed by atoms with Gasteiger partial charge in [0.05, 0.1) is 0 Å². The maximum Gasteiger partial charge on any atom is 0.153 e. The normalized spacial score (nSPS) is 21.9. The van der Waals surface area contributed by atoms with Crippen LogP contribution in [0.4, 0.5) is 11.6 Å². The molecule has 1 saturated heterocycles. The second kappa shape index (κ2) is 5.10. The van der Waals surface area contributed by atoms with E-state index in [0.717, 1.165) is 24.7 Å². The van der Waals surface area contributed by atoms with Gasteiger partial charge < -0.3 is 10.6 Å². The van der Waals surface area contributed by atoms with E-state index < -0.39 is 0 Å². The molecule has 88 valence electrons. The predicted octanol–water partition coefficient (Wildman–Crippen LogP) is 1.90. The molecule has 1 aromatic heterocycles. The number of thioether (sulfide) groups is 1. The van der Waals surface area contributed by atoms with Crippen LogP contribution >= 0.6 is 23.4 Å². The SMILES string of the molecule is CC1CSCCN(c2ncnc(N)c2Cl)C1. The highest BCUT2D eigenvalue weighted by Crippen LogP contribution is 2.29. The lowest BCUT2D eigenvalue weighted by atomic mass is 10.2. The van der Waals surface area contributed by atoms with E-state index in [-0.39, 0.29) is 0 Å². The molecule has 1 unspecified atom stereocenters. The van der Waals surface area contributed by atoms with Crippen molar-refractivity contribution in [1.29, 1.82) is 0 Å². The molecule has 0 radical (unpaired) electrons. The molecule has 1 atom stereocenters. The third-order valence-electron chi connectivity index (χ3n) is 2.54. The van der Waals surface area contributed by atoms with Crippen LogP contribution in [0.1, 0.15) is 6.92 Å². The molecule has 16 heavy (non-hydrogen) atoms. The van der Waals surface area contributed by atoms with Crippen molar-refractivity contribution in [1.82, 2.24) is 9.97 Å². The molecule has 0 amide bonds. The zero-order chi connectivity index (χ0) is 11.5. The number of nitrogens with zero attached hydrogens (tertiary/aromatic N) is 3. The Morgan fingerprint density at radius 3 is 3.19 bits per heavy atom. The summed E-state index contributed by atoms with van der Waals surface area (Å²) in [5.74, 6) is 4.05. The topological polar surface area (TPSA) is 55.0 Å². The van der Waals surface area contributed by atoms with E-state index in [0.29, 0.717) is 16.8 Å². The van der Waals surface area contributed by atoms with Gasteiger partial charge in [0.2, 0.25) is 0 Å². The number of nitrogens with two attached hydrogens (primary N) is 1. The lowest BCUT2D eigenvalue weighted by Gasteiger charge is -2.24. The van der Waals surface area contributed by atoms with Gasteiger partial charge in [0.1, 0.15) is 17.2 Å². The van der Waals surface area contributed by atoms with E-state index in [9.17, 15) is 0 Å². The number of aromatic nitrogens is 2. The van der Waals surface area contributed by atoms with Crippen molar-refractivity contribution < 1.29 is 0 Å². The molecule has 2 N–H and O–H groups in total. The molecule has 4 nitrogen and oxygen atoms in total. The minimum Gasteiger partial charge on any atom is -0.382 e. The lowest BCUT2D eigenvalue weighted by Crippen LogP contribution is -2.30. The first-order valence-electron chi connectivity index (χ1n) is 5.27. The fourth-order valence-corrected chi connectivity index (χ4v) is 3.01. The van der Waals surface area contributed by atoms with Crippen LogP contribution in [0.25, 0.3) is 0 Å². The molecule has 0 aliphatic carbocycles. The van der Waals surface area contributed by atoms with Gasteiger partial charge in [0.15, 0.2) is 5.82 Å². The van der Waals surface area contributed by atoms with Gasteiger partial charge in [0.25, 0.3) is 0 Å². The van der Waals surface area contributed by atoms with Crippen molar-refractivity contribution in [2.24, 2.45) is 5.92 Å². The van der Waals surface area contributed by atoms with Crippen molar-refractivity contribution in [3.63, 3.8) is 0 Å². The van der Waals surface area contributed by atoms with Crippen LogP contribution in [-0.4, -0.2) is 34.6 Å². The Hall–Kier alpha value is -0.680. The first kappa shape index (κ1) is 11.8. The van der Waals surface area contributed by atoms with Crippen molar-refractivity contribution in [2.75, 3.05) is 35.2 Å². The highest BCUT2D eigenvalue weighted by atomic mass is 35.5. The molecule has 2 heterocycles. The summed E-state index contributed by atoms with van der Waals surface area (Å²) in [6.07, 6.45) is 1.47. The molecule has 1 fully saturated rings.